The summed E-state index contributed by atoms with van der Waals surface area (Å²) in [7, 11) is 0. The van der Waals surface area contributed by atoms with E-state index in [2.05, 4.69) is 26.3 Å². The van der Waals surface area contributed by atoms with Gasteiger partial charge in [0.1, 0.15) is 0 Å². The maximum atomic E-state index is 12.7. The number of urea groups is 1. The molecule has 0 saturated heterocycles. The van der Waals surface area contributed by atoms with Gasteiger partial charge >= 0.3 is 12.0 Å². The number of ether oxygens (including phenoxy) is 1. The van der Waals surface area contributed by atoms with Crippen molar-refractivity contribution in [1.29, 1.82) is 0 Å². The first-order valence-electron chi connectivity index (χ1n) is 12.0. The Balaban J connectivity index is 1.56. The number of halogens is 2. The topological polar surface area (TPSA) is 139 Å². The SMILES string of the molecule is CCOC(=O)CC(NC(=O)CNC(=O)c1cccc(NC(=O)NCc2ccncc2)c1)c1cc(Cl)cc(Cl)c1. The molecule has 39 heavy (non-hydrogen) atoms. The van der Waals surface area contributed by atoms with Crippen LogP contribution in [0.3, 0.4) is 0 Å². The standard InChI is InChI=1S/C27H27Cl2N5O5/c1-2-39-25(36)14-23(19-10-20(28)13-21(29)11-19)34-24(35)16-31-26(37)18-4-3-5-22(12-18)33-27(38)32-15-17-6-8-30-9-7-17/h3-13,23H,2,14-16H2,1H3,(H,31,37)(H,34,35)(H2,32,33,38). The van der Waals surface area contributed by atoms with Gasteiger partial charge in [0, 0.05) is 40.2 Å². The number of nitrogens with one attached hydrogen (secondary N) is 4. The molecule has 12 heteroatoms. The number of esters is 1. The first-order chi connectivity index (χ1) is 18.7. The predicted octanol–water partition coefficient (Wildman–Crippen LogP) is 4.25. The van der Waals surface area contributed by atoms with Gasteiger partial charge in [-0.2, -0.15) is 0 Å². The summed E-state index contributed by atoms with van der Waals surface area (Å²) in [6.45, 7) is 1.81. The predicted molar refractivity (Wildman–Crippen MR) is 147 cm³/mol. The second-order valence-electron chi connectivity index (χ2n) is 8.26. The van der Waals surface area contributed by atoms with Crippen LogP contribution >= 0.6 is 23.2 Å². The van der Waals surface area contributed by atoms with Gasteiger partial charge in [-0.05, 0) is 66.6 Å². The van der Waals surface area contributed by atoms with Crippen LogP contribution in [0.4, 0.5) is 10.5 Å². The average Bonchev–Trinajstić information content (AvgIpc) is 2.90. The van der Waals surface area contributed by atoms with Gasteiger partial charge in [0.15, 0.2) is 0 Å². The molecule has 4 N–H and O–H groups in total. The highest BCUT2D eigenvalue weighted by molar-refractivity contribution is 6.34. The number of hydrogen-bond acceptors (Lipinski definition) is 6. The van der Waals surface area contributed by atoms with E-state index in [4.69, 9.17) is 27.9 Å². The van der Waals surface area contributed by atoms with E-state index in [-0.39, 0.29) is 25.1 Å². The Hall–Kier alpha value is -4.15. The molecule has 3 aromatic rings. The zero-order chi connectivity index (χ0) is 28.2. The normalized spacial score (nSPS) is 11.2. The molecule has 1 aromatic heterocycles. The fourth-order valence-corrected chi connectivity index (χ4v) is 4.06. The van der Waals surface area contributed by atoms with E-state index < -0.39 is 29.9 Å². The summed E-state index contributed by atoms with van der Waals surface area (Å²) in [6, 6.07) is 13.3. The molecular weight excluding hydrogens is 545 g/mol. The average molecular weight is 572 g/mol. The van der Waals surface area contributed by atoms with Crippen LogP contribution in [0.1, 0.15) is 40.9 Å². The van der Waals surface area contributed by atoms with Crippen LogP contribution in [0.5, 0.6) is 0 Å². The number of benzene rings is 2. The van der Waals surface area contributed by atoms with E-state index in [9.17, 15) is 19.2 Å². The Morgan fingerprint density at radius 2 is 1.67 bits per heavy atom. The highest BCUT2D eigenvalue weighted by Gasteiger charge is 2.21. The van der Waals surface area contributed by atoms with Crippen LogP contribution < -0.4 is 21.3 Å². The summed E-state index contributed by atoms with van der Waals surface area (Å²) in [4.78, 5) is 53.6. The summed E-state index contributed by atoms with van der Waals surface area (Å²) in [5.74, 6) is -1.59. The summed E-state index contributed by atoms with van der Waals surface area (Å²) < 4.78 is 5.01. The zero-order valence-electron chi connectivity index (χ0n) is 21.0. The fraction of sp³-hybridized carbons (Fsp3) is 0.222. The zero-order valence-corrected chi connectivity index (χ0v) is 22.5. The summed E-state index contributed by atoms with van der Waals surface area (Å²) in [5, 5.41) is 11.3. The minimum atomic E-state index is -0.775. The van der Waals surface area contributed by atoms with Gasteiger partial charge in [0.25, 0.3) is 5.91 Å². The Kier molecular flexibility index (Phi) is 11.1. The van der Waals surface area contributed by atoms with Gasteiger partial charge in [0.05, 0.1) is 25.6 Å². The second-order valence-corrected chi connectivity index (χ2v) is 9.13. The summed E-state index contributed by atoms with van der Waals surface area (Å²) >= 11 is 12.2. The highest BCUT2D eigenvalue weighted by atomic mass is 35.5. The van der Waals surface area contributed by atoms with E-state index in [1.807, 2.05) is 0 Å². The molecule has 0 spiro atoms. The molecule has 3 rings (SSSR count). The van der Waals surface area contributed by atoms with Crippen molar-refractivity contribution in [1.82, 2.24) is 20.9 Å². The van der Waals surface area contributed by atoms with Crippen molar-refractivity contribution >= 4 is 52.7 Å². The number of nitrogens with zero attached hydrogens (tertiary/aromatic N) is 1. The molecule has 4 amide bonds. The second kappa shape index (κ2) is 14.7. The van der Waals surface area contributed by atoms with Crippen LogP contribution in [-0.2, 0) is 20.9 Å². The molecule has 1 atom stereocenters. The van der Waals surface area contributed by atoms with E-state index in [0.29, 0.717) is 27.8 Å². The number of pyridine rings is 1. The van der Waals surface area contributed by atoms with Crippen LogP contribution in [0.15, 0.2) is 67.0 Å². The first-order valence-corrected chi connectivity index (χ1v) is 12.7. The number of anilines is 1. The molecular formula is C27H27Cl2N5O5. The third kappa shape index (κ3) is 9.91. The Bertz CT molecular complexity index is 1300. The Morgan fingerprint density at radius 1 is 0.949 bits per heavy atom. The van der Waals surface area contributed by atoms with Gasteiger partial charge in [0.2, 0.25) is 5.91 Å². The number of carbonyl (C=O) groups is 4. The Morgan fingerprint density at radius 3 is 2.36 bits per heavy atom. The molecule has 10 nitrogen and oxygen atoms in total. The van der Waals surface area contributed by atoms with Crippen LogP contribution in [0, 0.1) is 0 Å². The largest absolute Gasteiger partial charge is 0.466 e. The molecule has 0 fully saturated rings. The third-order valence-corrected chi connectivity index (χ3v) is 5.73. The molecule has 0 bridgehead atoms. The smallest absolute Gasteiger partial charge is 0.319 e. The Labute approximate surface area is 235 Å². The van der Waals surface area contributed by atoms with Crippen LogP contribution in [-0.4, -0.2) is 42.0 Å². The molecule has 1 unspecified atom stereocenters. The molecule has 1 heterocycles. The number of carbonyl (C=O) groups excluding carboxylic acids is 4. The lowest BCUT2D eigenvalue weighted by molar-refractivity contribution is -0.143. The molecule has 0 aliphatic heterocycles. The lowest BCUT2D eigenvalue weighted by Gasteiger charge is -2.19. The van der Waals surface area contributed by atoms with Gasteiger partial charge < -0.3 is 26.0 Å². The van der Waals surface area contributed by atoms with Gasteiger partial charge in [-0.15, -0.1) is 0 Å². The van der Waals surface area contributed by atoms with Crippen molar-refractivity contribution in [3.8, 4) is 0 Å². The molecule has 0 aliphatic carbocycles. The van der Waals surface area contributed by atoms with Gasteiger partial charge in [-0.3, -0.25) is 19.4 Å². The van der Waals surface area contributed by atoms with Crippen LogP contribution in [0.25, 0.3) is 0 Å². The monoisotopic (exact) mass is 571 g/mol. The minimum Gasteiger partial charge on any atom is -0.466 e. The molecule has 204 valence electrons. The van der Waals surface area contributed by atoms with Gasteiger partial charge in [-0.1, -0.05) is 29.3 Å². The minimum absolute atomic E-state index is 0.152. The van der Waals surface area contributed by atoms with E-state index in [1.54, 1.807) is 61.8 Å². The van der Waals surface area contributed by atoms with Gasteiger partial charge in [-0.25, -0.2) is 4.79 Å². The van der Waals surface area contributed by atoms with Crippen molar-refractivity contribution in [2.75, 3.05) is 18.5 Å². The van der Waals surface area contributed by atoms with Crippen molar-refractivity contribution in [3.05, 3.63) is 93.7 Å². The lowest BCUT2D eigenvalue weighted by Crippen LogP contribution is -2.39. The van der Waals surface area contributed by atoms with E-state index in [1.165, 1.54) is 12.1 Å². The highest BCUT2D eigenvalue weighted by Crippen LogP contribution is 2.25. The summed E-state index contributed by atoms with van der Waals surface area (Å²) in [6.07, 6.45) is 3.11. The third-order valence-electron chi connectivity index (χ3n) is 5.29. The van der Waals surface area contributed by atoms with Crippen molar-refractivity contribution in [2.45, 2.75) is 25.9 Å². The fourth-order valence-electron chi connectivity index (χ4n) is 3.52. The maximum absolute atomic E-state index is 12.7. The van der Waals surface area contributed by atoms with Crippen molar-refractivity contribution < 1.29 is 23.9 Å². The molecule has 2 aromatic carbocycles. The van der Waals surface area contributed by atoms with E-state index >= 15 is 0 Å². The molecule has 0 radical (unpaired) electrons. The number of rotatable bonds is 11. The number of aromatic nitrogens is 1. The number of amides is 4. The quantitative estimate of drug-likeness (QED) is 0.254. The lowest BCUT2D eigenvalue weighted by atomic mass is 10.0. The maximum Gasteiger partial charge on any atom is 0.319 e. The molecule has 0 saturated carbocycles. The van der Waals surface area contributed by atoms with Crippen LogP contribution in [0.2, 0.25) is 10.0 Å². The summed E-state index contributed by atoms with van der Waals surface area (Å²) in [5.41, 5.74) is 2.03. The van der Waals surface area contributed by atoms with Crippen molar-refractivity contribution in [3.63, 3.8) is 0 Å². The molecule has 0 aliphatic rings. The first kappa shape index (κ1) is 29.4. The number of hydrogen-bond donors (Lipinski definition) is 4. The van der Waals surface area contributed by atoms with E-state index in [0.717, 1.165) is 5.56 Å². The van der Waals surface area contributed by atoms with Crippen molar-refractivity contribution in [2.24, 2.45) is 0 Å².